The van der Waals surface area contributed by atoms with Gasteiger partial charge in [0.15, 0.2) is 5.78 Å². The summed E-state index contributed by atoms with van der Waals surface area (Å²) in [5, 5.41) is 0. The van der Waals surface area contributed by atoms with Crippen molar-refractivity contribution in [3.05, 3.63) is 40.7 Å². The first kappa shape index (κ1) is 10.6. The van der Waals surface area contributed by atoms with Gasteiger partial charge in [-0.2, -0.15) is 0 Å². The molecule has 0 atom stereocenters. The number of benzene rings is 1. The van der Waals surface area contributed by atoms with Crippen LogP contribution < -0.4 is 0 Å². The van der Waals surface area contributed by atoms with Crippen LogP contribution in [0.25, 0.3) is 20.7 Å². The van der Waals surface area contributed by atoms with E-state index in [1.165, 1.54) is 11.3 Å². The normalized spacial score (nSPS) is 10.9. The van der Waals surface area contributed by atoms with E-state index in [1.54, 1.807) is 18.3 Å². The molecule has 84 valence electrons. The highest BCUT2D eigenvalue weighted by molar-refractivity contribution is 7.38. The van der Waals surface area contributed by atoms with Gasteiger partial charge in [0.25, 0.3) is 0 Å². The van der Waals surface area contributed by atoms with E-state index in [0.29, 0.717) is 0 Å². The van der Waals surface area contributed by atoms with Crippen molar-refractivity contribution in [1.82, 2.24) is 4.98 Å². The minimum atomic E-state index is 0.110. The topological polar surface area (TPSA) is 30.0 Å². The largest absolute Gasteiger partial charge is 0.294 e. The van der Waals surface area contributed by atoms with Crippen LogP contribution in [-0.2, 0) is 0 Å². The first-order valence-electron chi connectivity index (χ1n) is 5.19. The minimum absolute atomic E-state index is 0.110. The maximum absolute atomic E-state index is 11.7. The Bertz CT molecular complexity index is 682. The summed E-state index contributed by atoms with van der Waals surface area (Å²) in [5.41, 5.74) is 4.84. The number of thiophene rings is 1. The molecule has 0 N–H and O–H groups in total. The fraction of sp³-hybridized carbons (Fsp3) is 0.0769. The number of hydrogen-bond acceptors (Lipinski definition) is 4. The lowest BCUT2D eigenvalue weighted by Gasteiger charge is -2.00. The number of fused-ring (bicyclic) bond motifs is 1. The average Bonchev–Trinajstić information content (AvgIpc) is 2.89. The summed E-state index contributed by atoms with van der Waals surface area (Å²) in [7, 11) is 0. The van der Waals surface area contributed by atoms with E-state index in [9.17, 15) is 4.79 Å². The molecule has 0 fully saturated rings. The molecule has 0 bridgehead atoms. The molecule has 2 nitrogen and oxygen atoms in total. The van der Waals surface area contributed by atoms with Crippen LogP contribution in [0.15, 0.2) is 35.8 Å². The molecule has 0 saturated heterocycles. The SMILES string of the molecule is CC(=O)c1sc2scnc2c1-c1ccccc1. The van der Waals surface area contributed by atoms with Crippen LogP contribution in [0.5, 0.6) is 0 Å². The zero-order chi connectivity index (χ0) is 11.8. The van der Waals surface area contributed by atoms with Gasteiger partial charge in [0.1, 0.15) is 9.53 Å². The van der Waals surface area contributed by atoms with Crippen LogP contribution in [0.2, 0.25) is 0 Å². The van der Waals surface area contributed by atoms with Crippen LogP contribution in [0.4, 0.5) is 0 Å². The molecule has 2 heterocycles. The predicted molar refractivity (Wildman–Crippen MR) is 72.9 cm³/mol. The third kappa shape index (κ3) is 1.69. The number of carbonyl (C=O) groups is 1. The molecule has 3 rings (SSSR count). The van der Waals surface area contributed by atoms with E-state index in [0.717, 1.165) is 25.5 Å². The van der Waals surface area contributed by atoms with Gasteiger partial charge in [-0.3, -0.25) is 4.79 Å². The van der Waals surface area contributed by atoms with Crippen LogP contribution in [-0.4, -0.2) is 10.8 Å². The van der Waals surface area contributed by atoms with Crippen molar-refractivity contribution >= 4 is 38.0 Å². The molecule has 17 heavy (non-hydrogen) atoms. The van der Waals surface area contributed by atoms with E-state index in [4.69, 9.17) is 0 Å². The predicted octanol–water partition coefficient (Wildman–Crippen LogP) is 4.23. The number of rotatable bonds is 2. The summed E-state index contributed by atoms with van der Waals surface area (Å²) in [4.78, 5) is 16.9. The first-order valence-corrected chi connectivity index (χ1v) is 6.89. The minimum Gasteiger partial charge on any atom is -0.294 e. The third-order valence-electron chi connectivity index (χ3n) is 2.58. The summed E-state index contributed by atoms with van der Waals surface area (Å²) in [5.74, 6) is 0.110. The molecule has 2 aromatic heterocycles. The molecule has 0 spiro atoms. The van der Waals surface area contributed by atoms with Crippen molar-refractivity contribution in [3.8, 4) is 11.1 Å². The second-order valence-corrected chi connectivity index (χ2v) is 5.85. The molecule has 0 aliphatic heterocycles. The summed E-state index contributed by atoms with van der Waals surface area (Å²) in [6.45, 7) is 1.61. The van der Waals surface area contributed by atoms with Gasteiger partial charge >= 0.3 is 0 Å². The highest BCUT2D eigenvalue weighted by atomic mass is 32.2. The summed E-state index contributed by atoms with van der Waals surface area (Å²) in [6, 6.07) is 9.98. The fourth-order valence-corrected chi connectivity index (χ4v) is 3.84. The fourth-order valence-electron chi connectivity index (χ4n) is 1.85. The van der Waals surface area contributed by atoms with Gasteiger partial charge in [-0.05, 0) is 12.5 Å². The van der Waals surface area contributed by atoms with E-state index in [2.05, 4.69) is 4.98 Å². The number of Topliss-reactive ketones (excluding diaryl/α,β-unsaturated/α-hetero) is 1. The highest BCUT2D eigenvalue weighted by Gasteiger charge is 2.18. The van der Waals surface area contributed by atoms with Crippen molar-refractivity contribution in [2.75, 3.05) is 0 Å². The monoisotopic (exact) mass is 259 g/mol. The van der Waals surface area contributed by atoms with E-state index < -0.39 is 0 Å². The number of carbonyl (C=O) groups excluding carboxylic acids is 1. The second-order valence-electron chi connectivity index (χ2n) is 3.72. The lowest BCUT2D eigenvalue weighted by atomic mass is 10.0. The molecule has 1 aromatic carbocycles. The van der Waals surface area contributed by atoms with Gasteiger partial charge in [-0.15, -0.1) is 22.7 Å². The Balaban J connectivity index is 2.36. The first-order chi connectivity index (χ1) is 8.27. The summed E-state index contributed by atoms with van der Waals surface area (Å²) >= 11 is 3.13. The Kier molecular flexibility index (Phi) is 2.53. The number of nitrogens with zero attached hydrogens (tertiary/aromatic N) is 1. The lowest BCUT2D eigenvalue weighted by Crippen LogP contribution is -1.90. The van der Waals surface area contributed by atoms with Crippen molar-refractivity contribution in [3.63, 3.8) is 0 Å². The molecular formula is C13H9NOS2. The summed E-state index contributed by atoms with van der Waals surface area (Å²) in [6.07, 6.45) is 0. The molecule has 0 radical (unpaired) electrons. The van der Waals surface area contributed by atoms with Crippen molar-refractivity contribution in [2.45, 2.75) is 6.92 Å². The van der Waals surface area contributed by atoms with Crippen molar-refractivity contribution < 1.29 is 4.79 Å². The van der Waals surface area contributed by atoms with E-state index in [-0.39, 0.29) is 5.78 Å². The number of hydrogen-bond donors (Lipinski definition) is 0. The van der Waals surface area contributed by atoms with E-state index in [1.807, 2.05) is 35.8 Å². The number of thiazole rings is 1. The Hall–Kier alpha value is -1.52. The molecule has 3 aromatic rings. The molecular weight excluding hydrogens is 250 g/mol. The van der Waals surface area contributed by atoms with Gasteiger partial charge in [-0.1, -0.05) is 30.3 Å². The van der Waals surface area contributed by atoms with Crippen LogP contribution in [0, 0.1) is 0 Å². The zero-order valence-corrected chi connectivity index (χ0v) is 10.8. The average molecular weight is 259 g/mol. The van der Waals surface area contributed by atoms with Gasteiger partial charge in [0.2, 0.25) is 0 Å². The maximum Gasteiger partial charge on any atom is 0.170 e. The second kappa shape index (κ2) is 4.05. The molecule has 0 unspecified atom stereocenters. The lowest BCUT2D eigenvalue weighted by molar-refractivity contribution is 0.102. The van der Waals surface area contributed by atoms with Crippen LogP contribution in [0.3, 0.4) is 0 Å². The maximum atomic E-state index is 11.7. The van der Waals surface area contributed by atoms with E-state index >= 15 is 0 Å². The Labute approximate surface area is 107 Å². The molecule has 0 saturated carbocycles. The molecule has 4 heteroatoms. The number of aromatic nitrogens is 1. The van der Waals surface area contributed by atoms with Gasteiger partial charge in [0, 0.05) is 5.56 Å². The highest BCUT2D eigenvalue weighted by Crippen LogP contribution is 2.40. The quantitative estimate of drug-likeness (QED) is 0.645. The standard InChI is InChI=1S/C13H9NOS2/c1-8(15)12-10(9-5-3-2-4-6-9)11-13(17-12)16-7-14-11/h2-7H,1H3. The van der Waals surface area contributed by atoms with Gasteiger partial charge in [-0.25, -0.2) is 4.98 Å². The molecule has 0 aliphatic rings. The van der Waals surface area contributed by atoms with Gasteiger partial charge < -0.3 is 0 Å². The Morgan fingerprint density at radius 3 is 2.71 bits per heavy atom. The van der Waals surface area contributed by atoms with Crippen LogP contribution >= 0.6 is 22.7 Å². The third-order valence-corrected chi connectivity index (χ3v) is 4.81. The summed E-state index contributed by atoms with van der Waals surface area (Å²) < 4.78 is 1.12. The Morgan fingerprint density at radius 1 is 1.24 bits per heavy atom. The number of ketones is 1. The zero-order valence-electron chi connectivity index (χ0n) is 9.14. The van der Waals surface area contributed by atoms with Crippen molar-refractivity contribution in [2.24, 2.45) is 0 Å². The molecule has 0 amide bonds. The Morgan fingerprint density at radius 2 is 2.00 bits per heavy atom. The smallest absolute Gasteiger partial charge is 0.170 e. The molecule has 0 aliphatic carbocycles. The van der Waals surface area contributed by atoms with Crippen LogP contribution in [0.1, 0.15) is 16.6 Å². The van der Waals surface area contributed by atoms with Crippen molar-refractivity contribution in [1.29, 1.82) is 0 Å². The van der Waals surface area contributed by atoms with Gasteiger partial charge in [0.05, 0.1) is 10.4 Å².